The first-order valence-corrected chi connectivity index (χ1v) is 6.16. The highest BCUT2D eigenvalue weighted by molar-refractivity contribution is 5.23. The summed E-state index contributed by atoms with van der Waals surface area (Å²) in [5.41, 5.74) is 0.855. The van der Waals surface area contributed by atoms with E-state index in [0.717, 1.165) is 24.6 Å². The van der Waals surface area contributed by atoms with Crippen molar-refractivity contribution >= 4 is 0 Å². The first kappa shape index (κ1) is 12.0. The molecule has 0 amide bonds. The van der Waals surface area contributed by atoms with Crippen molar-refractivity contribution in [3.8, 4) is 0 Å². The van der Waals surface area contributed by atoms with Gasteiger partial charge in [0.25, 0.3) is 5.56 Å². The number of rotatable bonds is 3. The molecule has 0 atom stereocenters. The highest BCUT2D eigenvalue weighted by atomic mass is 19.1. The maximum atomic E-state index is 13.5. The monoisotopic (exact) mass is 262 g/mol. The summed E-state index contributed by atoms with van der Waals surface area (Å²) in [6.07, 6.45) is 2.24. The molecule has 0 radical (unpaired) electrons. The fourth-order valence-corrected chi connectivity index (χ4v) is 2.05. The average molecular weight is 262 g/mol. The van der Waals surface area contributed by atoms with Crippen molar-refractivity contribution in [3.05, 3.63) is 63.3 Å². The van der Waals surface area contributed by atoms with Gasteiger partial charge in [0.2, 0.25) is 0 Å². The van der Waals surface area contributed by atoms with Crippen LogP contribution in [0.4, 0.5) is 8.78 Å². The van der Waals surface area contributed by atoms with Gasteiger partial charge in [-0.1, -0.05) is 6.07 Å². The van der Waals surface area contributed by atoms with Crippen LogP contribution in [0.5, 0.6) is 0 Å². The second-order valence-corrected chi connectivity index (χ2v) is 4.80. The first-order chi connectivity index (χ1) is 9.11. The van der Waals surface area contributed by atoms with Crippen LogP contribution in [0.1, 0.15) is 35.8 Å². The third-order valence-corrected chi connectivity index (χ3v) is 3.18. The first-order valence-electron chi connectivity index (χ1n) is 6.16. The van der Waals surface area contributed by atoms with Crippen LogP contribution < -0.4 is 5.56 Å². The molecule has 0 saturated heterocycles. The fraction of sp³-hybridized carbons (Fsp3) is 0.286. The molecule has 1 fully saturated rings. The Morgan fingerprint density at radius 2 is 2.05 bits per heavy atom. The van der Waals surface area contributed by atoms with Crippen LogP contribution in [0.3, 0.4) is 0 Å². The number of halogens is 2. The summed E-state index contributed by atoms with van der Waals surface area (Å²) in [7, 11) is 0. The largest absolute Gasteiger partial charge is 0.310 e. The molecule has 1 aromatic heterocycles. The van der Waals surface area contributed by atoms with Gasteiger partial charge in [0, 0.05) is 24.5 Å². The molecule has 0 unspecified atom stereocenters. The number of benzene rings is 1. The van der Waals surface area contributed by atoms with Gasteiger partial charge in [-0.25, -0.2) is 13.8 Å². The van der Waals surface area contributed by atoms with Gasteiger partial charge in [-0.05, 0) is 24.5 Å². The lowest BCUT2D eigenvalue weighted by Gasteiger charge is -2.05. The van der Waals surface area contributed by atoms with E-state index in [1.807, 2.05) is 0 Å². The summed E-state index contributed by atoms with van der Waals surface area (Å²) >= 11 is 0. The molecule has 0 spiro atoms. The number of aromatic nitrogens is 2. The van der Waals surface area contributed by atoms with E-state index in [0.29, 0.717) is 17.3 Å². The molecule has 5 heteroatoms. The highest BCUT2D eigenvalue weighted by Gasteiger charge is 2.25. The van der Waals surface area contributed by atoms with Crippen molar-refractivity contribution in [2.45, 2.75) is 25.2 Å². The molecule has 0 aliphatic heterocycles. The van der Waals surface area contributed by atoms with Gasteiger partial charge < -0.3 is 4.98 Å². The third-order valence-electron chi connectivity index (χ3n) is 3.18. The van der Waals surface area contributed by atoms with E-state index in [1.165, 1.54) is 18.2 Å². The van der Waals surface area contributed by atoms with Crippen molar-refractivity contribution < 1.29 is 8.78 Å². The summed E-state index contributed by atoms with van der Waals surface area (Å²) in [5, 5.41) is 0. The normalized spacial score (nSPS) is 14.6. The Morgan fingerprint density at radius 3 is 2.74 bits per heavy atom. The molecule has 0 bridgehead atoms. The SMILES string of the molecule is O=c1cc(C2CC2)nc(Cc2ccc(F)cc2F)[nH]1. The Hall–Kier alpha value is -2.04. The maximum absolute atomic E-state index is 13.5. The molecule has 1 N–H and O–H groups in total. The second kappa shape index (κ2) is 4.57. The van der Waals surface area contributed by atoms with E-state index in [2.05, 4.69) is 9.97 Å². The molecule has 3 nitrogen and oxygen atoms in total. The van der Waals surface area contributed by atoms with Gasteiger partial charge in [0.1, 0.15) is 17.5 Å². The smallest absolute Gasteiger partial charge is 0.251 e. The molecule has 1 saturated carbocycles. The Labute approximate surface area is 108 Å². The standard InChI is InChI=1S/C14H12F2N2O/c15-10-4-3-9(11(16)6-10)5-13-17-12(8-1-2-8)7-14(19)18-13/h3-4,6-8H,1-2,5H2,(H,17,18,19). The number of H-pyrrole nitrogens is 1. The molecule has 1 heterocycles. The zero-order chi connectivity index (χ0) is 13.4. The van der Waals surface area contributed by atoms with Crippen LogP contribution in [0.15, 0.2) is 29.1 Å². The Balaban J connectivity index is 1.92. The lowest BCUT2D eigenvalue weighted by molar-refractivity contribution is 0.573. The average Bonchev–Trinajstić information content (AvgIpc) is 3.16. The molecule has 1 aliphatic carbocycles. The summed E-state index contributed by atoms with van der Waals surface area (Å²) in [5.74, 6) is -0.465. The van der Waals surface area contributed by atoms with Crippen molar-refractivity contribution in [1.29, 1.82) is 0 Å². The van der Waals surface area contributed by atoms with E-state index < -0.39 is 11.6 Å². The Bertz CT molecular complexity index is 677. The summed E-state index contributed by atoms with van der Waals surface area (Å²) in [4.78, 5) is 18.5. The van der Waals surface area contributed by atoms with Crippen molar-refractivity contribution in [1.82, 2.24) is 9.97 Å². The van der Waals surface area contributed by atoms with E-state index in [9.17, 15) is 13.6 Å². The third kappa shape index (κ3) is 2.70. The zero-order valence-electron chi connectivity index (χ0n) is 10.1. The summed E-state index contributed by atoms with van der Waals surface area (Å²) in [6, 6.07) is 4.89. The predicted octanol–water partition coefficient (Wildman–Crippen LogP) is 2.52. The van der Waals surface area contributed by atoms with Gasteiger partial charge in [0.05, 0.1) is 5.69 Å². The van der Waals surface area contributed by atoms with Crippen molar-refractivity contribution in [2.75, 3.05) is 0 Å². The van der Waals surface area contributed by atoms with Crippen LogP contribution in [-0.4, -0.2) is 9.97 Å². The van der Waals surface area contributed by atoms with E-state index >= 15 is 0 Å². The Morgan fingerprint density at radius 1 is 1.26 bits per heavy atom. The van der Waals surface area contributed by atoms with Gasteiger partial charge in [0.15, 0.2) is 0 Å². The zero-order valence-corrected chi connectivity index (χ0v) is 10.1. The van der Waals surface area contributed by atoms with E-state index in [1.54, 1.807) is 0 Å². The van der Waals surface area contributed by atoms with E-state index in [-0.39, 0.29) is 12.0 Å². The van der Waals surface area contributed by atoms with Crippen LogP contribution in [0.2, 0.25) is 0 Å². The topological polar surface area (TPSA) is 45.8 Å². The molecule has 2 aromatic rings. The highest BCUT2D eigenvalue weighted by Crippen LogP contribution is 2.38. The molecular formula is C14H12F2N2O. The summed E-state index contributed by atoms with van der Waals surface area (Å²) in [6.45, 7) is 0. The lowest BCUT2D eigenvalue weighted by Crippen LogP contribution is -2.13. The van der Waals surface area contributed by atoms with Crippen LogP contribution in [-0.2, 0) is 6.42 Å². The Kier molecular flexibility index (Phi) is 2.89. The van der Waals surface area contributed by atoms with E-state index in [4.69, 9.17) is 0 Å². The molecule has 1 aliphatic rings. The maximum Gasteiger partial charge on any atom is 0.251 e. The number of nitrogens with zero attached hydrogens (tertiary/aromatic N) is 1. The van der Waals surface area contributed by atoms with Gasteiger partial charge in [-0.2, -0.15) is 0 Å². The predicted molar refractivity (Wildman–Crippen MR) is 66.0 cm³/mol. The lowest BCUT2D eigenvalue weighted by atomic mass is 10.1. The van der Waals surface area contributed by atoms with Crippen LogP contribution in [0.25, 0.3) is 0 Å². The molecular weight excluding hydrogens is 250 g/mol. The van der Waals surface area contributed by atoms with Gasteiger partial charge in [-0.3, -0.25) is 4.79 Å². The van der Waals surface area contributed by atoms with Gasteiger partial charge in [-0.15, -0.1) is 0 Å². The number of hydrogen-bond donors (Lipinski definition) is 1. The number of nitrogens with one attached hydrogen (secondary N) is 1. The number of aromatic amines is 1. The van der Waals surface area contributed by atoms with Crippen molar-refractivity contribution in [3.63, 3.8) is 0 Å². The van der Waals surface area contributed by atoms with Crippen LogP contribution >= 0.6 is 0 Å². The minimum Gasteiger partial charge on any atom is -0.310 e. The van der Waals surface area contributed by atoms with Gasteiger partial charge >= 0.3 is 0 Å². The molecule has 3 rings (SSSR count). The summed E-state index contributed by atoms with van der Waals surface area (Å²) < 4.78 is 26.4. The minimum absolute atomic E-state index is 0.155. The molecule has 98 valence electrons. The quantitative estimate of drug-likeness (QED) is 0.923. The number of hydrogen-bond acceptors (Lipinski definition) is 2. The van der Waals surface area contributed by atoms with Crippen LogP contribution in [0, 0.1) is 11.6 Å². The minimum atomic E-state index is -0.625. The second-order valence-electron chi connectivity index (χ2n) is 4.80. The molecule has 1 aromatic carbocycles. The molecule has 19 heavy (non-hydrogen) atoms. The van der Waals surface area contributed by atoms with Crippen molar-refractivity contribution in [2.24, 2.45) is 0 Å². The fourth-order valence-electron chi connectivity index (χ4n) is 2.05.